The number of aliphatic hydroxyl groups is 1. The van der Waals surface area contributed by atoms with Gasteiger partial charge < -0.3 is 19.3 Å². The van der Waals surface area contributed by atoms with E-state index in [0.29, 0.717) is 19.5 Å². The van der Waals surface area contributed by atoms with Gasteiger partial charge in [-0.05, 0) is 49.7 Å². The van der Waals surface area contributed by atoms with Crippen molar-refractivity contribution in [3.8, 4) is 5.75 Å². The number of fused-ring (bicyclic) bond motifs is 1. The lowest BCUT2D eigenvalue weighted by Gasteiger charge is -2.19. The smallest absolute Gasteiger partial charge is 0.227 e. The zero-order valence-electron chi connectivity index (χ0n) is 19.5. The molecule has 2 heterocycles. The van der Waals surface area contributed by atoms with E-state index in [2.05, 4.69) is 4.57 Å². The molecule has 1 aromatic heterocycles. The Balaban J connectivity index is 1.38. The molecule has 2 unspecified atom stereocenters. The van der Waals surface area contributed by atoms with Gasteiger partial charge in [-0.3, -0.25) is 4.79 Å². The van der Waals surface area contributed by atoms with Gasteiger partial charge in [0, 0.05) is 24.6 Å². The van der Waals surface area contributed by atoms with Crippen LogP contribution in [0.1, 0.15) is 29.3 Å². The van der Waals surface area contributed by atoms with Crippen LogP contribution >= 0.6 is 0 Å². The third kappa shape index (κ3) is 4.41. The van der Waals surface area contributed by atoms with E-state index in [1.165, 1.54) is 0 Å². The van der Waals surface area contributed by atoms with Crippen molar-refractivity contribution < 1.29 is 14.6 Å². The molecule has 4 aromatic rings. The molecular formula is C28H29N3O3. The van der Waals surface area contributed by atoms with Crippen LogP contribution in [0.5, 0.6) is 5.75 Å². The van der Waals surface area contributed by atoms with Crippen LogP contribution in [0.3, 0.4) is 0 Å². The van der Waals surface area contributed by atoms with Crippen LogP contribution in [0.15, 0.2) is 72.8 Å². The monoisotopic (exact) mass is 455 g/mol. The number of aliphatic hydroxyl groups excluding tert-OH is 1. The highest BCUT2D eigenvalue weighted by molar-refractivity contribution is 5.96. The second kappa shape index (κ2) is 9.31. The highest BCUT2D eigenvalue weighted by Crippen LogP contribution is 2.33. The minimum Gasteiger partial charge on any atom is -0.491 e. The number of nitrogens with zero attached hydrogens (tertiary/aromatic N) is 3. The maximum absolute atomic E-state index is 12.9. The summed E-state index contributed by atoms with van der Waals surface area (Å²) >= 11 is 0. The number of amides is 1. The fraction of sp³-hybridized carbons (Fsp3) is 0.286. The second-order valence-electron chi connectivity index (χ2n) is 9.04. The van der Waals surface area contributed by atoms with E-state index in [9.17, 15) is 9.90 Å². The molecule has 1 saturated heterocycles. The Bertz CT molecular complexity index is 1310. The summed E-state index contributed by atoms with van der Waals surface area (Å²) in [6.45, 7) is 5.11. The summed E-state index contributed by atoms with van der Waals surface area (Å²) in [5.41, 5.74) is 4.92. The molecule has 1 aliphatic heterocycles. The number of carbonyl (C=O) groups is 1. The van der Waals surface area contributed by atoms with Crippen molar-refractivity contribution >= 4 is 22.6 Å². The molecule has 2 atom stereocenters. The van der Waals surface area contributed by atoms with Gasteiger partial charge in [0.15, 0.2) is 0 Å². The van der Waals surface area contributed by atoms with Crippen molar-refractivity contribution in [2.24, 2.45) is 0 Å². The topological polar surface area (TPSA) is 67.6 Å². The third-order valence-electron chi connectivity index (χ3n) is 6.44. The van der Waals surface area contributed by atoms with Gasteiger partial charge >= 0.3 is 0 Å². The number of hydrogen-bond acceptors (Lipinski definition) is 4. The number of imidazole rings is 1. The number of aryl methyl sites for hydroxylation is 2. The summed E-state index contributed by atoms with van der Waals surface area (Å²) in [5, 5.41) is 10.9. The van der Waals surface area contributed by atoms with E-state index < -0.39 is 6.10 Å². The van der Waals surface area contributed by atoms with Crippen molar-refractivity contribution in [1.29, 1.82) is 0 Å². The largest absolute Gasteiger partial charge is 0.491 e. The van der Waals surface area contributed by atoms with E-state index in [-0.39, 0.29) is 18.4 Å². The van der Waals surface area contributed by atoms with Crippen LogP contribution in [0.4, 0.5) is 5.69 Å². The average molecular weight is 456 g/mol. The van der Waals surface area contributed by atoms with Gasteiger partial charge in [-0.25, -0.2) is 4.98 Å². The van der Waals surface area contributed by atoms with Gasteiger partial charge in [0.25, 0.3) is 0 Å². The molecule has 5 rings (SSSR count). The first-order valence-corrected chi connectivity index (χ1v) is 11.7. The van der Waals surface area contributed by atoms with Crippen molar-refractivity contribution in [3.63, 3.8) is 0 Å². The van der Waals surface area contributed by atoms with Crippen LogP contribution < -0.4 is 9.64 Å². The summed E-state index contributed by atoms with van der Waals surface area (Å²) < 4.78 is 7.93. The number of aromatic nitrogens is 2. The quantitative estimate of drug-likeness (QED) is 0.442. The van der Waals surface area contributed by atoms with E-state index in [1.807, 2.05) is 91.5 Å². The summed E-state index contributed by atoms with van der Waals surface area (Å²) in [7, 11) is 0. The summed E-state index contributed by atoms with van der Waals surface area (Å²) in [6, 6.07) is 23.7. The Labute approximate surface area is 199 Å². The lowest BCUT2D eigenvalue weighted by molar-refractivity contribution is -0.117. The Morgan fingerprint density at radius 2 is 1.76 bits per heavy atom. The van der Waals surface area contributed by atoms with Gasteiger partial charge in [-0.2, -0.15) is 0 Å². The zero-order chi connectivity index (χ0) is 23.7. The summed E-state index contributed by atoms with van der Waals surface area (Å²) in [4.78, 5) is 19.6. The number of benzene rings is 3. The molecule has 6 nitrogen and oxygen atoms in total. The first-order valence-electron chi connectivity index (χ1n) is 11.7. The fourth-order valence-corrected chi connectivity index (χ4v) is 4.62. The molecule has 1 fully saturated rings. The van der Waals surface area contributed by atoms with Crippen LogP contribution in [0.2, 0.25) is 0 Å². The lowest BCUT2D eigenvalue weighted by Crippen LogP contribution is -2.26. The normalized spacial score (nSPS) is 16.9. The molecule has 34 heavy (non-hydrogen) atoms. The Morgan fingerprint density at radius 3 is 2.56 bits per heavy atom. The first-order chi connectivity index (χ1) is 16.5. The van der Waals surface area contributed by atoms with Crippen molar-refractivity contribution in [2.45, 2.75) is 38.8 Å². The zero-order valence-corrected chi connectivity index (χ0v) is 19.5. The number of carbonyl (C=O) groups excluding carboxylic acids is 1. The van der Waals surface area contributed by atoms with Crippen LogP contribution in [0, 0.1) is 13.8 Å². The molecule has 0 aliphatic carbocycles. The Morgan fingerprint density at radius 1 is 1.03 bits per heavy atom. The van der Waals surface area contributed by atoms with E-state index in [4.69, 9.17) is 9.72 Å². The van der Waals surface area contributed by atoms with Gasteiger partial charge in [0.1, 0.15) is 24.3 Å². The maximum atomic E-state index is 12.9. The highest BCUT2D eigenvalue weighted by Gasteiger charge is 2.35. The number of anilines is 1. The van der Waals surface area contributed by atoms with E-state index in [0.717, 1.165) is 39.4 Å². The predicted octanol–water partition coefficient (Wildman–Crippen LogP) is 4.61. The summed E-state index contributed by atoms with van der Waals surface area (Å²) in [5.74, 6) is 1.65. The molecule has 3 aromatic carbocycles. The molecule has 0 radical (unpaired) electrons. The number of para-hydroxylation sites is 3. The fourth-order valence-electron chi connectivity index (χ4n) is 4.62. The molecular weight excluding hydrogens is 426 g/mol. The third-order valence-corrected chi connectivity index (χ3v) is 6.44. The SMILES string of the molecule is Cc1ccc(N2CC(c3nc4ccccc4n3CC(O)COc3ccccc3C)CC2=O)cc1. The standard InChI is InChI=1S/C28H29N3O3/c1-19-11-13-22(14-12-19)30-16-21(15-27(30)33)28-29-24-8-4-5-9-25(24)31(28)17-23(32)18-34-26-10-6-3-7-20(26)2/h3-14,21,23,32H,15-18H2,1-2H3. The minimum atomic E-state index is -0.721. The molecule has 1 amide bonds. The average Bonchev–Trinajstić information content (AvgIpc) is 3.40. The molecule has 0 saturated carbocycles. The van der Waals surface area contributed by atoms with Crippen molar-refractivity contribution in [2.75, 3.05) is 18.1 Å². The second-order valence-corrected chi connectivity index (χ2v) is 9.04. The number of hydrogen-bond donors (Lipinski definition) is 1. The molecule has 0 bridgehead atoms. The predicted molar refractivity (Wildman–Crippen MR) is 133 cm³/mol. The van der Waals surface area contributed by atoms with E-state index in [1.54, 1.807) is 0 Å². The van der Waals surface area contributed by atoms with Gasteiger partial charge in [0.05, 0.1) is 17.6 Å². The van der Waals surface area contributed by atoms with Gasteiger partial charge in [-0.1, -0.05) is 48.0 Å². The van der Waals surface area contributed by atoms with Crippen LogP contribution in [-0.4, -0.2) is 39.8 Å². The molecule has 174 valence electrons. The lowest BCUT2D eigenvalue weighted by atomic mass is 10.1. The molecule has 0 spiro atoms. The molecule has 1 aliphatic rings. The van der Waals surface area contributed by atoms with Crippen LogP contribution in [0.25, 0.3) is 11.0 Å². The van der Waals surface area contributed by atoms with Crippen LogP contribution in [-0.2, 0) is 11.3 Å². The minimum absolute atomic E-state index is 0.0503. The van der Waals surface area contributed by atoms with Crippen molar-refractivity contribution in [1.82, 2.24) is 9.55 Å². The van der Waals surface area contributed by atoms with Crippen molar-refractivity contribution in [3.05, 3.63) is 89.7 Å². The molecule has 6 heteroatoms. The van der Waals surface area contributed by atoms with Gasteiger partial charge in [0.2, 0.25) is 5.91 Å². The summed E-state index contributed by atoms with van der Waals surface area (Å²) in [6.07, 6.45) is -0.325. The Hall–Kier alpha value is -3.64. The maximum Gasteiger partial charge on any atom is 0.227 e. The number of rotatable bonds is 7. The van der Waals surface area contributed by atoms with Gasteiger partial charge in [-0.15, -0.1) is 0 Å². The highest BCUT2D eigenvalue weighted by atomic mass is 16.5. The Kier molecular flexibility index (Phi) is 6.07. The number of ether oxygens (including phenoxy) is 1. The first kappa shape index (κ1) is 22.2. The van der Waals surface area contributed by atoms with E-state index >= 15 is 0 Å². The molecule has 1 N–H and O–H groups in total.